The summed E-state index contributed by atoms with van der Waals surface area (Å²) in [5.41, 5.74) is 1.03. The van der Waals surface area contributed by atoms with Crippen molar-refractivity contribution < 1.29 is 14.6 Å². The molecule has 1 unspecified atom stereocenters. The van der Waals surface area contributed by atoms with Gasteiger partial charge in [-0.15, -0.1) is 0 Å². The molecule has 0 aromatic heterocycles. The molecule has 1 aromatic carbocycles. The number of nitrogens with one attached hydrogen (secondary N) is 1. The summed E-state index contributed by atoms with van der Waals surface area (Å²) in [6.07, 6.45) is 0.133. The van der Waals surface area contributed by atoms with Crippen LogP contribution in [0.1, 0.15) is 32.8 Å². The average molecular weight is 302 g/mol. The van der Waals surface area contributed by atoms with E-state index in [0.29, 0.717) is 35.5 Å². The van der Waals surface area contributed by atoms with Gasteiger partial charge in [-0.2, -0.15) is 0 Å². The van der Waals surface area contributed by atoms with Gasteiger partial charge in [-0.05, 0) is 24.1 Å². The minimum absolute atomic E-state index is 0.205. The standard InChI is InChI=1S/C15H24ClNO3/c1-5-12(18)9-20-15-13(16)6-11(7-14(15)19-4)8-17-10(2)3/h6-7,10,12,17-18H,5,8-9H2,1-4H3. The molecule has 0 saturated carbocycles. The summed E-state index contributed by atoms with van der Waals surface area (Å²) in [5, 5.41) is 13.4. The molecule has 114 valence electrons. The van der Waals surface area contributed by atoms with Gasteiger partial charge in [0.15, 0.2) is 11.5 Å². The van der Waals surface area contributed by atoms with E-state index in [1.807, 2.05) is 19.1 Å². The van der Waals surface area contributed by atoms with Gasteiger partial charge in [0.25, 0.3) is 0 Å². The van der Waals surface area contributed by atoms with Crippen LogP contribution in [0.4, 0.5) is 0 Å². The van der Waals surface area contributed by atoms with Crippen LogP contribution in [0.5, 0.6) is 11.5 Å². The quantitative estimate of drug-likeness (QED) is 0.775. The van der Waals surface area contributed by atoms with Crippen molar-refractivity contribution in [3.63, 3.8) is 0 Å². The fraction of sp³-hybridized carbons (Fsp3) is 0.600. The van der Waals surface area contributed by atoms with Crippen molar-refractivity contribution in [3.8, 4) is 11.5 Å². The minimum atomic E-state index is -0.502. The smallest absolute Gasteiger partial charge is 0.179 e. The topological polar surface area (TPSA) is 50.7 Å². The SMILES string of the molecule is CCC(O)COc1c(Cl)cc(CNC(C)C)cc1OC. The van der Waals surface area contributed by atoms with E-state index < -0.39 is 6.10 Å². The van der Waals surface area contributed by atoms with Crippen LogP contribution in [0, 0.1) is 0 Å². The van der Waals surface area contributed by atoms with Gasteiger partial charge in [0.05, 0.1) is 18.2 Å². The average Bonchev–Trinajstić information content (AvgIpc) is 2.42. The lowest BCUT2D eigenvalue weighted by Gasteiger charge is -2.16. The summed E-state index contributed by atoms with van der Waals surface area (Å²) >= 11 is 6.24. The predicted molar refractivity (Wildman–Crippen MR) is 81.8 cm³/mol. The van der Waals surface area contributed by atoms with Crippen LogP contribution in [0.25, 0.3) is 0 Å². The summed E-state index contributed by atoms with van der Waals surface area (Å²) in [5.74, 6) is 1.07. The first-order chi connectivity index (χ1) is 9.47. The van der Waals surface area contributed by atoms with Gasteiger partial charge >= 0.3 is 0 Å². The second kappa shape index (κ2) is 8.35. The number of methoxy groups -OCH3 is 1. The van der Waals surface area contributed by atoms with Crippen molar-refractivity contribution in [3.05, 3.63) is 22.7 Å². The Labute approximate surface area is 126 Å². The van der Waals surface area contributed by atoms with E-state index in [1.54, 1.807) is 7.11 Å². The molecule has 0 aliphatic rings. The predicted octanol–water partition coefficient (Wildman–Crippen LogP) is 3.00. The van der Waals surface area contributed by atoms with Crippen molar-refractivity contribution in [2.24, 2.45) is 0 Å². The van der Waals surface area contributed by atoms with E-state index in [2.05, 4.69) is 19.2 Å². The largest absolute Gasteiger partial charge is 0.493 e. The number of hydrogen-bond acceptors (Lipinski definition) is 4. The van der Waals surface area contributed by atoms with E-state index in [-0.39, 0.29) is 6.61 Å². The van der Waals surface area contributed by atoms with Crippen LogP contribution in [-0.4, -0.2) is 31.0 Å². The van der Waals surface area contributed by atoms with Gasteiger partial charge < -0.3 is 19.9 Å². The Kier molecular flexibility index (Phi) is 7.13. The lowest BCUT2D eigenvalue weighted by atomic mass is 10.2. The molecule has 0 saturated heterocycles. The monoisotopic (exact) mass is 301 g/mol. The number of rotatable bonds is 8. The minimum Gasteiger partial charge on any atom is -0.493 e. The molecule has 0 amide bonds. The second-order valence-electron chi connectivity index (χ2n) is 5.02. The molecule has 0 bridgehead atoms. The summed E-state index contributed by atoms with van der Waals surface area (Å²) in [6, 6.07) is 4.15. The normalized spacial score (nSPS) is 12.6. The Morgan fingerprint density at radius 3 is 2.60 bits per heavy atom. The lowest BCUT2D eigenvalue weighted by Crippen LogP contribution is -2.22. The van der Waals surface area contributed by atoms with Crippen molar-refractivity contribution in [2.45, 2.75) is 45.9 Å². The maximum absolute atomic E-state index is 9.55. The first-order valence-corrected chi connectivity index (χ1v) is 7.26. The van der Waals surface area contributed by atoms with Crippen LogP contribution < -0.4 is 14.8 Å². The van der Waals surface area contributed by atoms with E-state index >= 15 is 0 Å². The molecule has 0 aliphatic carbocycles. The first kappa shape index (κ1) is 17.1. The molecular formula is C15H24ClNO3. The molecule has 0 aliphatic heterocycles. The highest BCUT2D eigenvalue weighted by Gasteiger charge is 2.13. The molecule has 0 fully saturated rings. The van der Waals surface area contributed by atoms with Gasteiger partial charge in [-0.1, -0.05) is 32.4 Å². The van der Waals surface area contributed by atoms with Gasteiger partial charge in [-0.25, -0.2) is 0 Å². The molecule has 5 heteroatoms. The van der Waals surface area contributed by atoms with Gasteiger partial charge in [0.1, 0.15) is 6.61 Å². The maximum atomic E-state index is 9.55. The maximum Gasteiger partial charge on any atom is 0.179 e. The second-order valence-corrected chi connectivity index (χ2v) is 5.42. The summed E-state index contributed by atoms with van der Waals surface area (Å²) in [4.78, 5) is 0. The van der Waals surface area contributed by atoms with Gasteiger partial charge in [-0.3, -0.25) is 0 Å². The van der Waals surface area contributed by atoms with E-state index in [9.17, 15) is 5.11 Å². The highest BCUT2D eigenvalue weighted by Crippen LogP contribution is 2.36. The van der Waals surface area contributed by atoms with Crippen LogP contribution in [0.15, 0.2) is 12.1 Å². The number of hydrogen-bond donors (Lipinski definition) is 2. The third-order valence-corrected chi connectivity index (χ3v) is 3.18. The van der Waals surface area contributed by atoms with Crippen LogP contribution >= 0.6 is 11.6 Å². The third-order valence-electron chi connectivity index (χ3n) is 2.89. The Morgan fingerprint density at radius 2 is 2.05 bits per heavy atom. The van der Waals surface area contributed by atoms with Crippen molar-refractivity contribution in [2.75, 3.05) is 13.7 Å². The molecule has 1 aromatic rings. The van der Waals surface area contributed by atoms with E-state index in [0.717, 1.165) is 5.56 Å². The van der Waals surface area contributed by atoms with Crippen molar-refractivity contribution in [1.82, 2.24) is 5.32 Å². The number of halogens is 1. The Balaban J connectivity index is 2.84. The number of aliphatic hydroxyl groups excluding tert-OH is 1. The van der Waals surface area contributed by atoms with E-state index in [1.165, 1.54) is 0 Å². The Hall–Kier alpha value is -0.970. The molecule has 4 nitrogen and oxygen atoms in total. The van der Waals surface area contributed by atoms with Crippen LogP contribution in [0.2, 0.25) is 5.02 Å². The highest BCUT2D eigenvalue weighted by atomic mass is 35.5. The Morgan fingerprint density at radius 1 is 1.35 bits per heavy atom. The summed E-state index contributed by atoms with van der Waals surface area (Å²) in [7, 11) is 1.58. The Bertz CT molecular complexity index is 424. The van der Waals surface area contributed by atoms with Crippen molar-refractivity contribution >= 4 is 11.6 Å². The molecule has 2 N–H and O–H groups in total. The zero-order valence-corrected chi connectivity index (χ0v) is 13.3. The highest BCUT2D eigenvalue weighted by molar-refractivity contribution is 6.32. The van der Waals surface area contributed by atoms with E-state index in [4.69, 9.17) is 21.1 Å². The molecular weight excluding hydrogens is 278 g/mol. The fourth-order valence-electron chi connectivity index (χ4n) is 1.63. The zero-order chi connectivity index (χ0) is 15.1. The molecule has 0 heterocycles. The van der Waals surface area contributed by atoms with Crippen LogP contribution in [-0.2, 0) is 6.54 Å². The first-order valence-electron chi connectivity index (χ1n) is 6.88. The number of ether oxygens (including phenoxy) is 2. The molecule has 1 rings (SSSR count). The summed E-state index contributed by atoms with van der Waals surface area (Å²) < 4.78 is 10.9. The molecule has 20 heavy (non-hydrogen) atoms. The van der Waals surface area contributed by atoms with Crippen molar-refractivity contribution in [1.29, 1.82) is 0 Å². The molecule has 0 radical (unpaired) electrons. The van der Waals surface area contributed by atoms with Gasteiger partial charge in [0, 0.05) is 12.6 Å². The van der Waals surface area contributed by atoms with Gasteiger partial charge in [0.2, 0.25) is 0 Å². The van der Waals surface area contributed by atoms with Crippen LogP contribution in [0.3, 0.4) is 0 Å². The fourth-order valence-corrected chi connectivity index (χ4v) is 1.92. The lowest BCUT2D eigenvalue weighted by molar-refractivity contribution is 0.102. The number of benzene rings is 1. The zero-order valence-electron chi connectivity index (χ0n) is 12.6. The molecule has 1 atom stereocenters. The number of aliphatic hydroxyl groups is 1. The summed E-state index contributed by atoms with van der Waals surface area (Å²) in [6.45, 7) is 6.99. The molecule has 0 spiro atoms. The third kappa shape index (κ3) is 5.19.